The number of hydrogen-bond acceptors (Lipinski definition) is 3. The van der Waals surface area contributed by atoms with Crippen molar-refractivity contribution in [1.82, 2.24) is 0 Å². The lowest BCUT2D eigenvalue weighted by Gasteiger charge is -1.97. The lowest BCUT2D eigenvalue weighted by molar-refractivity contribution is -0.255. The highest BCUT2D eigenvalue weighted by Crippen LogP contribution is 2.11. The van der Waals surface area contributed by atoms with E-state index in [1.807, 2.05) is 0 Å². The number of benzene rings is 1. The van der Waals surface area contributed by atoms with Crippen molar-refractivity contribution in [3.8, 4) is 0 Å². The Morgan fingerprint density at radius 3 is 2.27 bits per heavy atom. The average molecular weight is 148 g/mol. The van der Waals surface area contributed by atoms with Gasteiger partial charge in [0, 0.05) is 12.1 Å². The lowest BCUT2D eigenvalue weighted by atomic mass is 10.2. The van der Waals surface area contributed by atoms with Crippen LogP contribution in [-0.4, -0.2) is 5.97 Å². The van der Waals surface area contributed by atoms with Crippen molar-refractivity contribution in [2.45, 2.75) is 0 Å². The van der Waals surface area contributed by atoms with Gasteiger partial charge in [0.15, 0.2) is 4.98 Å². The summed E-state index contributed by atoms with van der Waals surface area (Å²) in [6.45, 7) is 0. The van der Waals surface area contributed by atoms with Crippen molar-refractivity contribution in [3.63, 3.8) is 0 Å². The molecule has 0 N–H and O–H groups in total. The topological polar surface area (TPSA) is 68.3 Å². The second-order valence-electron chi connectivity index (χ2n) is 1.93. The van der Waals surface area contributed by atoms with Crippen LogP contribution in [0.5, 0.6) is 0 Å². The van der Waals surface area contributed by atoms with Gasteiger partial charge in [-0.05, 0) is 17.7 Å². The SMILES string of the molecule is N#[N+]c1ccc(C(=O)[O-])cc1. The van der Waals surface area contributed by atoms with Crippen LogP contribution >= 0.6 is 0 Å². The second-order valence-corrected chi connectivity index (χ2v) is 1.93. The first kappa shape index (κ1) is 7.22. The predicted octanol–water partition coefficient (Wildman–Crippen LogP) is 0.535. The summed E-state index contributed by atoms with van der Waals surface area (Å²) in [7, 11) is 0. The van der Waals surface area contributed by atoms with Crippen molar-refractivity contribution < 1.29 is 9.90 Å². The number of carbonyl (C=O) groups excluding carboxylic acids is 1. The first-order chi connectivity index (χ1) is 5.24. The zero-order valence-electron chi connectivity index (χ0n) is 5.52. The van der Waals surface area contributed by atoms with Crippen LogP contribution < -0.4 is 5.11 Å². The van der Waals surface area contributed by atoms with Gasteiger partial charge in [-0.3, -0.25) is 0 Å². The van der Waals surface area contributed by atoms with Gasteiger partial charge in [0.2, 0.25) is 5.39 Å². The Bertz CT molecular complexity index is 310. The maximum Gasteiger partial charge on any atom is 0.385 e. The normalized spacial score (nSPS) is 8.64. The van der Waals surface area contributed by atoms with Gasteiger partial charge < -0.3 is 9.90 Å². The molecule has 1 aromatic carbocycles. The third-order valence-corrected chi connectivity index (χ3v) is 1.22. The number of aromatic carboxylic acids is 1. The molecular weight excluding hydrogens is 144 g/mol. The van der Waals surface area contributed by atoms with Gasteiger partial charge >= 0.3 is 5.69 Å². The Balaban J connectivity index is 3.03. The number of carboxylic acid groups (broad SMARTS) is 1. The van der Waals surface area contributed by atoms with E-state index in [2.05, 4.69) is 4.98 Å². The Morgan fingerprint density at radius 1 is 1.36 bits per heavy atom. The molecule has 0 fully saturated rings. The molecule has 54 valence electrons. The number of rotatable bonds is 1. The average Bonchev–Trinajstić information content (AvgIpc) is 2.05. The number of hydrogen-bond donors (Lipinski definition) is 0. The van der Waals surface area contributed by atoms with Gasteiger partial charge in [-0.25, -0.2) is 0 Å². The summed E-state index contributed by atoms with van der Waals surface area (Å²) in [5.74, 6) is -1.24. The van der Waals surface area contributed by atoms with Crippen molar-refractivity contribution in [1.29, 1.82) is 5.39 Å². The van der Waals surface area contributed by atoms with E-state index in [1.165, 1.54) is 24.3 Å². The number of carboxylic acids is 1. The first-order valence-corrected chi connectivity index (χ1v) is 2.90. The highest BCUT2D eigenvalue weighted by molar-refractivity contribution is 5.86. The molecule has 0 aliphatic carbocycles. The van der Waals surface area contributed by atoms with E-state index in [4.69, 9.17) is 5.39 Å². The molecule has 11 heavy (non-hydrogen) atoms. The Hall–Kier alpha value is -1.89. The molecule has 1 aromatic rings. The smallest absolute Gasteiger partial charge is 0.385 e. The van der Waals surface area contributed by atoms with E-state index in [9.17, 15) is 9.90 Å². The van der Waals surface area contributed by atoms with E-state index < -0.39 is 5.97 Å². The van der Waals surface area contributed by atoms with Crippen molar-refractivity contribution in [3.05, 3.63) is 34.8 Å². The van der Waals surface area contributed by atoms with Crippen LogP contribution in [0.15, 0.2) is 24.3 Å². The van der Waals surface area contributed by atoms with E-state index in [0.29, 0.717) is 5.69 Å². The molecule has 0 aliphatic heterocycles. The third-order valence-electron chi connectivity index (χ3n) is 1.22. The zero-order valence-corrected chi connectivity index (χ0v) is 5.52. The molecule has 0 saturated heterocycles. The summed E-state index contributed by atoms with van der Waals surface area (Å²) >= 11 is 0. The van der Waals surface area contributed by atoms with Gasteiger partial charge in [-0.1, -0.05) is 0 Å². The summed E-state index contributed by atoms with van der Waals surface area (Å²) in [6, 6.07) is 5.38. The Kier molecular flexibility index (Phi) is 1.83. The minimum Gasteiger partial charge on any atom is -0.545 e. The van der Waals surface area contributed by atoms with E-state index >= 15 is 0 Å². The molecule has 0 unspecified atom stereocenters. The lowest BCUT2D eigenvalue weighted by Crippen LogP contribution is -2.21. The Labute approximate surface area is 62.7 Å². The molecule has 0 radical (unpaired) electrons. The van der Waals surface area contributed by atoms with Gasteiger partial charge in [0.25, 0.3) is 0 Å². The van der Waals surface area contributed by atoms with Crippen LogP contribution in [0.3, 0.4) is 0 Å². The molecule has 0 heterocycles. The van der Waals surface area contributed by atoms with Crippen LogP contribution in [-0.2, 0) is 0 Å². The zero-order chi connectivity index (χ0) is 8.27. The highest BCUT2D eigenvalue weighted by atomic mass is 16.4. The van der Waals surface area contributed by atoms with Gasteiger partial charge in [-0.15, -0.1) is 0 Å². The van der Waals surface area contributed by atoms with Crippen LogP contribution in [0.1, 0.15) is 10.4 Å². The summed E-state index contributed by atoms with van der Waals surface area (Å²) in [6.07, 6.45) is 0. The minimum atomic E-state index is -1.24. The molecule has 1 rings (SSSR count). The fraction of sp³-hybridized carbons (Fsp3) is 0. The maximum atomic E-state index is 10.2. The molecule has 0 aliphatic rings. The van der Waals surface area contributed by atoms with Crippen LogP contribution in [0.25, 0.3) is 4.98 Å². The molecule has 0 bridgehead atoms. The molecule has 0 amide bonds. The van der Waals surface area contributed by atoms with E-state index in [1.54, 1.807) is 0 Å². The van der Waals surface area contributed by atoms with Crippen LogP contribution in [0.4, 0.5) is 5.69 Å². The van der Waals surface area contributed by atoms with Gasteiger partial charge in [0.1, 0.15) is 0 Å². The number of diazo groups is 1. The van der Waals surface area contributed by atoms with Crippen LogP contribution in [0.2, 0.25) is 0 Å². The first-order valence-electron chi connectivity index (χ1n) is 2.90. The second kappa shape index (κ2) is 2.80. The fourth-order valence-electron chi connectivity index (χ4n) is 0.664. The van der Waals surface area contributed by atoms with Crippen molar-refractivity contribution in [2.24, 2.45) is 0 Å². The Morgan fingerprint density at radius 2 is 1.91 bits per heavy atom. The van der Waals surface area contributed by atoms with Gasteiger partial charge in [0.05, 0.1) is 5.97 Å². The van der Waals surface area contributed by atoms with Gasteiger partial charge in [-0.2, -0.15) is 0 Å². The highest BCUT2D eigenvalue weighted by Gasteiger charge is 2.01. The summed E-state index contributed by atoms with van der Waals surface area (Å²) in [4.78, 5) is 13.1. The third kappa shape index (κ3) is 1.52. The van der Waals surface area contributed by atoms with E-state index in [-0.39, 0.29) is 5.56 Å². The standard InChI is InChI=1S/C7H4N2O2/c8-9-6-3-1-5(2-4-6)7(10)11/h1-4H. The molecular formula is C7H4N2O2. The van der Waals surface area contributed by atoms with E-state index in [0.717, 1.165) is 0 Å². The fourth-order valence-corrected chi connectivity index (χ4v) is 0.664. The molecule has 0 spiro atoms. The summed E-state index contributed by atoms with van der Waals surface area (Å²) in [5.41, 5.74) is 0.382. The number of nitrogens with zero attached hydrogens (tertiary/aromatic N) is 2. The van der Waals surface area contributed by atoms with Crippen LogP contribution in [0, 0.1) is 5.39 Å². The predicted molar refractivity (Wildman–Crippen MR) is 35.5 cm³/mol. The maximum absolute atomic E-state index is 10.2. The molecule has 0 atom stereocenters. The minimum absolute atomic E-state index is 0.0670. The van der Waals surface area contributed by atoms with Crippen molar-refractivity contribution in [2.75, 3.05) is 0 Å². The monoisotopic (exact) mass is 148 g/mol. The molecule has 4 nitrogen and oxygen atoms in total. The molecule has 4 heteroatoms. The van der Waals surface area contributed by atoms with Crippen molar-refractivity contribution >= 4 is 11.7 Å². The molecule has 0 saturated carbocycles. The quantitative estimate of drug-likeness (QED) is 0.545. The molecule has 0 aromatic heterocycles. The number of carbonyl (C=O) groups is 1. The largest absolute Gasteiger partial charge is 0.545 e. The summed E-state index contributed by atoms with van der Waals surface area (Å²) < 4.78 is 0. The summed E-state index contributed by atoms with van der Waals surface area (Å²) in [5, 5.41) is 18.4.